The van der Waals surface area contributed by atoms with E-state index in [0.717, 1.165) is 13.2 Å². The van der Waals surface area contributed by atoms with Crippen molar-refractivity contribution < 1.29 is 9.53 Å². The molecule has 1 unspecified atom stereocenters. The summed E-state index contributed by atoms with van der Waals surface area (Å²) in [5, 5.41) is 3.14. The zero-order chi connectivity index (χ0) is 12.6. The molecule has 0 spiro atoms. The van der Waals surface area contributed by atoms with Crippen molar-refractivity contribution >= 4 is 5.91 Å². The summed E-state index contributed by atoms with van der Waals surface area (Å²) in [4.78, 5) is 13.2. The number of amides is 1. The monoisotopic (exact) mass is 231 g/mol. The highest BCUT2D eigenvalue weighted by molar-refractivity contribution is 5.80. The fraction of sp³-hybridized carbons (Fsp3) is 0.909. The Morgan fingerprint density at radius 2 is 2.12 bits per heavy atom. The molecule has 0 aromatic carbocycles. The Morgan fingerprint density at radius 3 is 2.56 bits per heavy atom. The summed E-state index contributed by atoms with van der Waals surface area (Å²) in [7, 11) is 1.96. The molecular formula is C11H25N3O2. The SMILES string of the molecule is CCOCCN(C)CC(NC(C)C)C(N)=O. The molecule has 0 aromatic heterocycles. The van der Waals surface area contributed by atoms with Gasteiger partial charge in [-0.2, -0.15) is 0 Å². The Hall–Kier alpha value is -0.650. The minimum atomic E-state index is -0.308. The number of ether oxygens (including phenoxy) is 1. The topological polar surface area (TPSA) is 67.6 Å². The largest absolute Gasteiger partial charge is 0.380 e. The van der Waals surface area contributed by atoms with Crippen LogP contribution in [0.3, 0.4) is 0 Å². The zero-order valence-corrected chi connectivity index (χ0v) is 10.8. The summed E-state index contributed by atoms with van der Waals surface area (Å²) >= 11 is 0. The smallest absolute Gasteiger partial charge is 0.235 e. The lowest BCUT2D eigenvalue weighted by Gasteiger charge is -2.24. The van der Waals surface area contributed by atoms with Crippen LogP contribution in [0.2, 0.25) is 0 Å². The highest BCUT2D eigenvalue weighted by Crippen LogP contribution is 1.92. The van der Waals surface area contributed by atoms with Crippen molar-refractivity contribution in [3.05, 3.63) is 0 Å². The van der Waals surface area contributed by atoms with Crippen molar-refractivity contribution in [1.82, 2.24) is 10.2 Å². The number of likely N-dealkylation sites (N-methyl/N-ethyl adjacent to an activating group) is 1. The molecule has 5 nitrogen and oxygen atoms in total. The first kappa shape index (κ1) is 15.3. The van der Waals surface area contributed by atoms with Gasteiger partial charge in [-0.25, -0.2) is 0 Å². The molecule has 3 N–H and O–H groups in total. The standard InChI is InChI=1S/C11H25N3O2/c1-5-16-7-6-14(4)8-10(11(12)15)13-9(2)3/h9-10,13H,5-8H2,1-4H3,(H2,12,15). The predicted octanol–water partition coefficient (Wildman–Crippen LogP) is -0.193. The highest BCUT2D eigenvalue weighted by atomic mass is 16.5. The van der Waals surface area contributed by atoms with Gasteiger partial charge in [0, 0.05) is 25.7 Å². The van der Waals surface area contributed by atoms with Crippen molar-refractivity contribution in [2.45, 2.75) is 32.9 Å². The van der Waals surface area contributed by atoms with E-state index in [1.54, 1.807) is 0 Å². The molecule has 0 aliphatic heterocycles. The number of nitrogens with zero attached hydrogens (tertiary/aromatic N) is 1. The van der Waals surface area contributed by atoms with Crippen LogP contribution in [0.15, 0.2) is 0 Å². The molecule has 16 heavy (non-hydrogen) atoms. The van der Waals surface area contributed by atoms with Crippen LogP contribution in [-0.4, -0.2) is 56.2 Å². The maximum Gasteiger partial charge on any atom is 0.235 e. The number of carbonyl (C=O) groups excluding carboxylic acids is 1. The number of carbonyl (C=O) groups is 1. The summed E-state index contributed by atoms with van der Waals surface area (Å²) in [6.45, 7) is 8.77. The lowest BCUT2D eigenvalue weighted by atomic mass is 10.2. The number of nitrogens with two attached hydrogens (primary N) is 1. The molecule has 0 radical (unpaired) electrons. The van der Waals surface area contributed by atoms with E-state index in [9.17, 15) is 4.79 Å². The Morgan fingerprint density at radius 1 is 1.50 bits per heavy atom. The molecule has 1 amide bonds. The van der Waals surface area contributed by atoms with Gasteiger partial charge in [-0.3, -0.25) is 4.79 Å². The number of rotatable bonds is 9. The second-order valence-electron chi connectivity index (χ2n) is 4.24. The van der Waals surface area contributed by atoms with Gasteiger partial charge < -0.3 is 20.7 Å². The summed E-state index contributed by atoms with van der Waals surface area (Å²) in [6, 6.07) is -0.0515. The van der Waals surface area contributed by atoms with Gasteiger partial charge in [0.15, 0.2) is 0 Å². The van der Waals surface area contributed by atoms with Crippen LogP contribution in [0.4, 0.5) is 0 Å². The van der Waals surface area contributed by atoms with Crippen molar-refractivity contribution in [2.24, 2.45) is 5.73 Å². The van der Waals surface area contributed by atoms with E-state index in [-0.39, 0.29) is 18.0 Å². The van der Waals surface area contributed by atoms with Gasteiger partial charge in [0.05, 0.1) is 12.6 Å². The summed E-state index contributed by atoms with van der Waals surface area (Å²) < 4.78 is 5.25. The lowest BCUT2D eigenvalue weighted by Crippen LogP contribution is -2.51. The fourth-order valence-electron chi connectivity index (χ4n) is 1.39. The maximum absolute atomic E-state index is 11.2. The van der Waals surface area contributed by atoms with Crippen molar-refractivity contribution in [1.29, 1.82) is 0 Å². The van der Waals surface area contributed by atoms with Crippen LogP contribution in [0.25, 0.3) is 0 Å². The van der Waals surface area contributed by atoms with Gasteiger partial charge in [0.25, 0.3) is 0 Å². The quantitative estimate of drug-likeness (QED) is 0.540. The minimum absolute atomic E-state index is 0.248. The van der Waals surface area contributed by atoms with Crippen LogP contribution in [0.5, 0.6) is 0 Å². The molecule has 96 valence electrons. The molecular weight excluding hydrogens is 206 g/mol. The highest BCUT2D eigenvalue weighted by Gasteiger charge is 2.17. The van der Waals surface area contributed by atoms with Crippen molar-refractivity contribution in [3.8, 4) is 0 Å². The lowest BCUT2D eigenvalue weighted by molar-refractivity contribution is -0.120. The van der Waals surface area contributed by atoms with Gasteiger partial charge in [0.1, 0.15) is 0 Å². The maximum atomic E-state index is 11.2. The van der Waals surface area contributed by atoms with E-state index in [2.05, 4.69) is 5.32 Å². The first-order chi connectivity index (χ1) is 7.47. The van der Waals surface area contributed by atoms with Crippen molar-refractivity contribution in [2.75, 3.05) is 33.4 Å². The number of nitrogens with one attached hydrogen (secondary N) is 1. The normalized spacial score (nSPS) is 13.4. The third kappa shape index (κ3) is 7.62. The Bertz CT molecular complexity index is 198. The number of hydrogen-bond acceptors (Lipinski definition) is 4. The molecule has 5 heteroatoms. The Kier molecular flexibility index (Phi) is 8.15. The Balaban J connectivity index is 3.93. The molecule has 0 aliphatic carbocycles. The molecule has 0 rings (SSSR count). The third-order valence-electron chi connectivity index (χ3n) is 2.19. The Labute approximate surface area is 98.3 Å². The second-order valence-corrected chi connectivity index (χ2v) is 4.24. The first-order valence-corrected chi connectivity index (χ1v) is 5.79. The average Bonchev–Trinajstić information content (AvgIpc) is 2.16. The molecule has 0 fully saturated rings. The van der Waals surface area contributed by atoms with E-state index in [4.69, 9.17) is 10.5 Å². The second kappa shape index (κ2) is 8.50. The van der Waals surface area contributed by atoms with Crippen LogP contribution >= 0.6 is 0 Å². The van der Waals surface area contributed by atoms with E-state index in [0.29, 0.717) is 13.2 Å². The molecule has 0 aromatic rings. The molecule has 0 saturated carbocycles. The molecule has 0 bridgehead atoms. The van der Waals surface area contributed by atoms with Crippen molar-refractivity contribution in [3.63, 3.8) is 0 Å². The van der Waals surface area contributed by atoms with E-state index < -0.39 is 0 Å². The van der Waals surface area contributed by atoms with Crippen LogP contribution < -0.4 is 11.1 Å². The van der Waals surface area contributed by atoms with Gasteiger partial charge in [-0.1, -0.05) is 13.8 Å². The van der Waals surface area contributed by atoms with Gasteiger partial charge in [-0.15, -0.1) is 0 Å². The number of hydrogen-bond donors (Lipinski definition) is 2. The predicted molar refractivity (Wildman–Crippen MR) is 65.2 cm³/mol. The van der Waals surface area contributed by atoms with E-state index >= 15 is 0 Å². The van der Waals surface area contributed by atoms with E-state index in [1.165, 1.54) is 0 Å². The average molecular weight is 231 g/mol. The van der Waals surface area contributed by atoms with Crippen LogP contribution in [-0.2, 0) is 9.53 Å². The summed E-state index contributed by atoms with van der Waals surface area (Å²) in [5.41, 5.74) is 5.33. The van der Waals surface area contributed by atoms with Gasteiger partial charge >= 0.3 is 0 Å². The molecule has 0 heterocycles. The van der Waals surface area contributed by atoms with Crippen LogP contribution in [0, 0.1) is 0 Å². The third-order valence-corrected chi connectivity index (χ3v) is 2.19. The van der Waals surface area contributed by atoms with Gasteiger partial charge in [-0.05, 0) is 14.0 Å². The number of primary amides is 1. The van der Waals surface area contributed by atoms with Crippen LogP contribution in [0.1, 0.15) is 20.8 Å². The minimum Gasteiger partial charge on any atom is -0.380 e. The molecule has 0 saturated heterocycles. The summed E-state index contributed by atoms with van der Waals surface area (Å²) in [5.74, 6) is -0.308. The molecule has 1 atom stereocenters. The molecule has 0 aliphatic rings. The first-order valence-electron chi connectivity index (χ1n) is 5.79. The van der Waals surface area contributed by atoms with Gasteiger partial charge in [0.2, 0.25) is 5.91 Å². The fourth-order valence-corrected chi connectivity index (χ4v) is 1.39. The summed E-state index contributed by atoms with van der Waals surface area (Å²) in [6.07, 6.45) is 0. The zero-order valence-electron chi connectivity index (χ0n) is 10.8. The van der Waals surface area contributed by atoms with E-state index in [1.807, 2.05) is 32.7 Å².